The molecule has 0 fully saturated rings. The number of carbonyl (C=O) groups is 1. The molecule has 2 N–H and O–H groups in total. The van der Waals surface area contributed by atoms with Gasteiger partial charge in [0.25, 0.3) is 0 Å². The summed E-state index contributed by atoms with van der Waals surface area (Å²) < 4.78 is 1.64. The topological polar surface area (TPSA) is 83.3 Å². The number of benzene rings is 1. The molecule has 0 aliphatic heterocycles. The summed E-state index contributed by atoms with van der Waals surface area (Å²) in [4.78, 5) is 18.7. The molecule has 24 heavy (non-hydrogen) atoms. The molecule has 1 aromatic heterocycles. The molecule has 0 radical (unpaired) electrons. The molecule has 0 saturated heterocycles. The number of nitrogens with zero attached hydrogens (tertiary/aromatic N) is 4. The fourth-order valence-corrected chi connectivity index (χ4v) is 3.23. The normalized spacial score (nSPS) is 16.0. The first-order chi connectivity index (χ1) is 11.7. The molecular formula is C17H23N5O2. The van der Waals surface area contributed by atoms with Gasteiger partial charge in [0.2, 0.25) is 0 Å². The number of aliphatic hydroxyl groups is 1. The van der Waals surface area contributed by atoms with Gasteiger partial charge in [-0.25, -0.2) is 9.78 Å². The third-order valence-electron chi connectivity index (χ3n) is 4.50. The first-order valence-corrected chi connectivity index (χ1v) is 8.26. The third-order valence-corrected chi connectivity index (χ3v) is 4.50. The summed E-state index contributed by atoms with van der Waals surface area (Å²) in [6.07, 6.45) is 3.93. The molecule has 1 atom stereocenters. The van der Waals surface area contributed by atoms with Crippen LogP contribution in [0.3, 0.4) is 0 Å². The van der Waals surface area contributed by atoms with Crippen LogP contribution in [0.1, 0.15) is 35.8 Å². The van der Waals surface area contributed by atoms with Gasteiger partial charge < -0.3 is 15.3 Å². The van der Waals surface area contributed by atoms with Gasteiger partial charge in [-0.1, -0.05) is 24.3 Å². The first kappa shape index (κ1) is 16.4. The van der Waals surface area contributed by atoms with Crippen molar-refractivity contribution in [2.75, 3.05) is 13.2 Å². The Hall–Kier alpha value is -2.41. The first-order valence-electron chi connectivity index (χ1n) is 8.26. The maximum atomic E-state index is 12.7. The maximum absolute atomic E-state index is 12.7. The highest BCUT2D eigenvalue weighted by Crippen LogP contribution is 2.35. The fourth-order valence-electron chi connectivity index (χ4n) is 3.23. The second-order valence-electron chi connectivity index (χ2n) is 5.98. The van der Waals surface area contributed by atoms with Crippen LogP contribution in [0.2, 0.25) is 0 Å². The summed E-state index contributed by atoms with van der Waals surface area (Å²) in [5.41, 5.74) is 2.52. The van der Waals surface area contributed by atoms with Crippen molar-refractivity contribution >= 4 is 6.03 Å². The summed E-state index contributed by atoms with van der Waals surface area (Å²) in [6.45, 7) is 0.931. The lowest BCUT2D eigenvalue weighted by Crippen LogP contribution is -2.42. The average Bonchev–Trinajstić information content (AvgIpc) is 3.20. The molecule has 0 spiro atoms. The quantitative estimate of drug-likeness (QED) is 0.839. The number of aryl methyl sites for hydroxylation is 2. The standard InChI is InChI=1S/C17H23N5O2/c1-21-16(19-12-20-21)11-18-17(24)22(9-4-10-23)15-8-7-13-5-2-3-6-14(13)15/h2-3,5-6,12,15,23H,4,7-11H2,1H3,(H,18,24)/t15-/m0/s1. The zero-order valence-corrected chi connectivity index (χ0v) is 13.9. The Kier molecular flexibility index (Phi) is 5.10. The van der Waals surface area contributed by atoms with Gasteiger partial charge in [0.1, 0.15) is 12.2 Å². The van der Waals surface area contributed by atoms with E-state index in [-0.39, 0.29) is 18.7 Å². The maximum Gasteiger partial charge on any atom is 0.318 e. The van der Waals surface area contributed by atoms with Gasteiger partial charge in [-0.2, -0.15) is 5.10 Å². The Morgan fingerprint density at radius 3 is 3.04 bits per heavy atom. The van der Waals surface area contributed by atoms with E-state index < -0.39 is 0 Å². The highest BCUT2D eigenvalue weighted by Gasteiger charge is 2.30. The van der Waals surface area contributed by atoms with Crippen LogP contribution in [0.25, 0.3) is 0 Å². The number of hydrogen-bond acceptors (Lipinski definition) is 4. The van der Waals surface area contributed by atoms with E-state index in [1.54, 1.807) is 11.7 Å². The number of fused-ring (bicyclic) bond motifs is 1. The van der Waals surface area contributed by atoms with Gasteiger partial charge in [-0.3, -0.25) is 4.68 Å². The van der Waals surface area contributed by atoms with Crippen LogP contribution in [0.4, 0.5) is 4.79 Å². The molecular weight excluding hydrogens is 306 g/mol. The summed E-state index contributed by atoms with van der Waals surface area (Å²) >= 11 is 0. The van der Waals surface area contributed by atoms with Gasteiger partial charge in [-0.05, 0) is 30.4 Å². The number of rotatable bonds is 6. The molecule has 2 aromatic rings. The summed E-state index contributed by atoms with van der Waals surface area (Å²) in [5, 5.41) is 16.1. The molecule has 7 nitrogen and oxygen atoms in total. The largest absolute Gasteiger partial charge is 0.396 e. The smallest absolute Gasteiger partial charge is 0.318 e. The molecule has 0 bridgehead atoms. The van der Waals surface area contributed by atoms with Crippen molar-refractivity contribution < 1.29 is 9.90 Å². The van der Waals surface area contributed by atoms with Crippen molar-refractivity contribution in [2.24, 2.45) is 7.05 Å². The lowest BCUT2D eigenvalue weighted by molar-refractivity contribution is 0.164. The van der Waals surface area contributed by atoms with E-state index in [9.17, 15) is 9.90 Å². The van der Waals surface area contributed by atoms with Crippen LogP contribution in [0.5, 0.6) is 0 Å². The molecule has 7 heteroatoms. The van der Waals surface area contributed by atoms with Crippen LogP contribution in [-0.2, 0) is 20.0 Å². The second-order valence-corrected chi connectivity index (χ2v) is 5.98. The number of amides is 2. The summed E-state index contributed by atoms with van der Waals surface area (Å²) in [5.74, 6) is 0.706. The minimum absolute atomic E-state index is 0.0623. The minimum atomic E-state index is -0.131. The molecule has 128 valence electrons. The van der Waals surface area contributed by atoms with Gasteiger partial charge in [0.15, 0.2) is 0 Å². The monoisotopic (exact) mass is 329 g/mol. The van der Waals surface area contributed by atoms with Crippen LogP contribution < -0.4 is 5.32 Å². The molecule has 0 saturated carbocycles. The number of nitrogens with one attached hydrogen (secondary N) is 1. The molecule has 1 aliphatic carbocycles. The van der Waals surface area contributed by atoms with Crippen molar-refractivity contribution in [3.05, 3.63) is 47.5 Å². The second kappa shape index (κ2) is 7.44. The van der Waals surface area contributed by atoms with Gasteiger partial charge in [-0.15, -0.1) is 0 Å². The number of urea groups is 1. The van der Waals surface area contributed by atoms with Crippen molar-refractivity contribution in [1.82, 2.24) is 25.0 Å². The van der Waals surface area contributed by atoms with Crippen LogP contribution >= 0.6 is 0 Å². The van der Waals surface area contributed by atoms with Crippen molar-refractivity contribution in [3.8, 4) is 0 Å². The van der Waals surface area contributed by atoms with E-state index in [0.717, 1.165) is 12.8 Å². The van der Waals surface area contributed by atoms with Crippen molar-refractivity contribution in [1.29, 1.82) is 0 Å². The molecule has 1 heterocycles. The Morgan fingerprint density at radius 2 is 2.29 bits per heavy atom. The third kappa shape index (κ3) is 3.41. The van der Waals surface area contributed by atoms with E-state index in [0.29, 0.717) is 25.3 Å². The number of aromatic nitrogens is 3. The highest BCUT2D eigenvalue weighted by molar-refractivity contribution is 5.75. The van der Waals surface area contributed by atoms with E-state index >= 15 is 0 Å². The SMILES string of the molecule is Cn1ncnc1CNC(=O)N(CCCO)[C@H]1CCc2ccccc21. The predicted octanol–water partition coefficient (Wildman–Crippen LogP) is 1.40. The number of aliphatic hydroxyl groups excluding tert-OH is 1. The lowest BCUT2D eigenvalue weighted by atomic mass is 10.1. The average molecular weight is 329 g/mol. The molecule has 3 rings (SSSR count). The Morgan fingerprint density at radius 1 is 1.46 bits per heavy atom. The van der Waals surface area contributed by atoms with Crippen LogP contribution in [-0.4, -0.2) is 44.0 Å². The fraction of sp³-hybridized carbons (Fsp3) is 0.471. The number of carbonyl (C=O) groups excluding carboxylic acids is 1. The van der Waals surface area contributed by atoms with Crippen LogP contribution in [0, 0.1) is 0 Å². The van der Waals surface area contributed by atoms with E-state index in [1.807, 2.05) is 17.0 Å². The molecule has 2 amide bonds. The van der Waals surface area contributed by atoms with E-state index in [2.05, 4.69) is 27.5 Å². The molecule has 1 aliphatic rings. The molecule has 0 unspecified atom stereocenters. The minimum Gasteiger partial charge on any atom is -0.396 e. The Balaban J connectivity index is 1.72. The van der Waals surface area contributed by atoms with Gasteiger partial charge >= 0.3 is 6.03 Å². The van der Waals surface area contributed by atoms with E-state index in [1.165, 1.54) is 17.5 Å². The highest BCUT2D eigenvalue weighted by atomic mass is 16.3. The zero-order valence-electron chi connectivity index (χ0n) is 13.9. The lowest BCUT2D eigenvalue weighted by Gasteiger charge is -2.29. The van der Waals surface area contributed by atoms with Gasteiger partial charge in [0.05, 0.1) is 12.6 Å². The summed E-state index contributed by atoms with van der Waals surface area (Å²) in [6, 6.07) is 8.19. The molecule has 1 aromatic carbocycles. The number of hydrogen-bond donors (Lipinski definition) is 2. The van der Waals surface area contributed by atoms with Crippen molar-refractivity contribution in [3.63, 3.8) is 0 Å². The Labute approximate surface area is 141 Å². The predicted molar refractivity (Wildman–Crippen MR) is 89.2 cm³/mol. The van der Waals surface area contributed by atoms with E-state index in [4.69, 9.17) is 0 Å². The summed E-state index contributed by atoms with van der Waals surface area (Å²) in [7, 11) is 1.80. The zero-order chi connectivity index (χ0) is 16.9. The Bertz CT molecular complexity index is 700. The van der Waals surface area contributed by atoms with Gasteiger partial charge in [0, 0.05) is 20.2 Å². The van der Waals surface area contributed by atoms with Crippen molar-refractivity contribution in [2.45, 2.75) is 31.8 Å². The van der Waals surface area contributed by atoms with Crippen LogP contribution in [0.15, 0.2) is 30.6 Å².